The second kappa shape index (κ2) is 6.87. The summed E-state index contributed by atoms with van der Waals surface area (Å²) >= 11 is 0. The SMILES string of the molecule is CN=Cc1cc2ccc(CNC(=O)c3cc(=O)n4ccccc4n3)cc2[nH]1. The van der Waals surface area contributed by atoms with Gasteiger partial charge in [0.1, 0.15) is 11.3 Å². The predicted molar refractivity (Wildman–Crippen MR) is 104 cm³/mol. The minimum Gasteiger partial charge on any atom is -0.354 e. The topological polar surface area (TPSA) is 91.6 Å². The van der Waals surface area contributed by atoms with Gasteiger partial charge in [-0.1, -0.05) is 18.2 Å². The van der Waals surface area contributed by atoms with Crippen molar-refractivity contribution in [2.24, 2.45) is 4.99 Å². The summed E-state index contributed by atoms with van der Waals surface area (Å²) in [5, 5.41) is 3.89. The van der Waals surface area contributed by atoms with E-state index in [9.17, 15) is 9.59 Å². The number of carbonyl (C=O) groups is 1. The molecule has 0 spiro atoms. The van der Waals surface area contributed by atoms with Gasteiger partial charge < -0.3 is 10.3 Å². The molecule has 4 aromatic rings. The lowest BCUT2D eigenvalue weighted by atomic mass is 10.1. The van der Waals surface area contributed by atoms with Gasteiger partial charge in [0.15, 0.2) is 0 Å². The third-order valence-electron chi connectivity index (χ3n) is 4.23. The Morgan fingerprint density at radius 3 is 3.00 bits per heavy atom. The van der Waals surface area contributed by atoms with Crippen molar-refractivity contribution in [1.29, 1.82) is 0 Å². The molecule has 4 rings (SSSR count). The third-order valence-corrected chi connectivity index (χ3v) is 4.23. The van der Waals surface area contributed by atoms with Crippen molar-refractivity contribution in [2.45, 2.75) is 6.54 Å². The molecule has 0 aliphatic heterocycles. The number of hydrogen-bond donors (Lipinski definition) is 2. The minimum absolute atomic E-state index is 0.105. The molecule has 1 amide bonds. The van der Waals surface area contributed by atoms with E-state index in [1.807, 2.05) is 24.3 Å². The van der Waals surface area contributed by atoms with Crippen LogP contribution in [0.3, 0.4) is 0 Å². The zero-order valence-corrected chi connectivity index (χ0v) is 14.6. The summed E-state index contributed by atoms with van der Waals surface area (Å²) in [4.78, 5) is 36.0. The van der Waals surface area contributed by atoms with E-state index in [-0.39, 0.29) is 17.2 Å². The molecule has 0 fully saturated rings. The fraction of sp³-hybridized carbons (Fsp3) is 0.100. The van der Waals surface area contributed by atoms with Gasteiger partial charge in [0.2, 0.25) is 0 Å². The standard InChI is InChI=1S/C20H17N5O2/c1-21-12-15-9-14-6-5-13(8-16(14)23-15)11-22-20(27)17-10-19(26)25-7-3-2-4-18(25)24-17/h2-10,12,23H,11H2,1H3,(H,22,27). The second-order valence-electron chi connectivity index (χ2n) is 6.12. The number of benzene rings is 1. The fourth-order valence-corrected chi connectivity index (χ4v) is 2.96. The van der Waals surface area contributed by atoms with E-state index < -0.39 is 0 Å². The minimum atomic E-state index is -0.385. The summed E-state index contributed by atoms with van der Waals surface area (Å²) in [6, 6.07) is 14.4. The summed E-state index contributed by atoms with van der Waals surface area (Å²) in [6.07, 6.45) is 3.38. The maximum atomic E-state index is 12.4. The third kappa shape index (κ3) is 3.35. The zero-order chi connectivity index (χ0) is 18.8. The summed E-state index contributed by atoms with van der Waals surface area (Å²) < 4.78 is 1.40. The molecule has 1 aromatic carbocycles. The highest BCUT2D eigenvalue weighted by atomic mass is 16.2. The Hall–Kier alpha value is -3.74. The smallest absolute Gasteiger partial charge is 0.270 e. The quantitative estimate of drug-likeness (QED) is 0.547. The van der Waals surface area contributed by atoms with E-state index in [0.717, 1.165) is 22.2 Å². The Morgan fingerprint density at radius 2 is 2.15 bits per heavy atom. The number of pyridine rings is 1. The van der Waals surface area contributed by atoms with Crippen molar-refractivity contribution >= 4 is 28.7 Å². The van der Waals surface area contributed by atoms with Gasteiger partial charge in [-0.25, -0.2) is 4.98 Å². The van der Waals surface area contributed by atoms with Crippen LogP contribution in [-0.2, 0) is 6.54 Å². The molecular weight excluding hydrogens is 342 g/mol. The molecule has 134 valence electrons. The number of aromatic amines is 1. The molecule has 7 heteroatoms. The molecule has 0 saturated carbocycles. The van der Waals surface area contributed by atoms with Crippen molar-refractivity contribution in [3.63, 3.8) is 0 Å². The molecular formula is C20H17N5O2. The van der Waals surface area contributed by atoms with Crippen LogP contribution in [0.15, 0.2) is 64.5 Å². The lowest BCUT2D eigenvalue weighted by molar-refractivity contribution is 0.0946. The number of aromatic nitrogens is 3. The van der Waals surface area contributed by atoms with Crippen molar-refractivity contribution in [3.05, 3.63) is 82.0 Å². The maximum Gasteiger partial charge on any atom is 0.270 e. The van der Waals surface area contributed by atoms with E-state index in [4.69, 9.17) is 0 Å². The summed E-state index contributed by atoms with van der Waals surface area (Å²) in [6.45, 7) is 0.334. The average molecular weight is 359 g/mol. The van der Waals surface area contributed by atoms with Crippen LogP contribution in [0.1, 0.15) is 21.7 Å². The van der Waals surface area contributed by atoms with Crippen molar-refractivity contribution in [1.82, 2.24) is 19.7 Å². The van der Waals surface area contributed by atoms with Crippen LogP contribution < -0.4 is 10.9 Å². The highest BCUT2D eigenvalue weighted by Crippen LogP contribution is 2.16. The van der Waals surface area contributed by atoms with Gasteiger partial charge in [-0.15, -0.1) is 0 Å². The van der Waals surface area contributed by atoms with E-state index >= 15 is 0 Å². The van der Waals surface area contributed by atoms with Crippen molar-refractivity contribution in [2.75, 3.05) is 7.05 Å². The molecule has 0 aliphatic rings. The van der Waals surface area contributed by atoms with Gasteiger partial charge >= 0.3 is 0 Å². The van der Waals surface area contributed by atoms with Crippen LogP contribution >= 0.6 is 0 Å². The van der Waals surface area contributed by atoms with Crippen LogP contribution in [0, 0.1) is 0 Å². The Kier molecular flexibility index (Phi) is 4.25. The van der Waals surface area contributed by atoms with Gasteiger partial charge in [0.05, 0.1) is 5.69 Å². The monoisotopic (exact) mass is 359 g/mol. The van der Waals surface area contributed by atoms with Crippen molar-refractivity contribution < 1.29 is 4.79 Å². The molecule has 3 aromatic heterocycles. The maximum absolute atomic E-state index is 12.4. The van der Waals surface area contributed by atoms with Crippen LogP contribution in [-0.4, -0.2) is 33.5 Å². The first-order chi connectivity index (χ1) is 13.1. The second-order valence-corrected chi connectivity index (χ2v) is 6.12. The predicted octanol–water partition coefficient (Wildman–Crippen LogP) is 2.15. The number of H-pyrrole nitrogens is 1. The Bertz CT molecular complexity index is 1240. The van der Waals surface area contributed by atoms with Crippen LogP contribution in [0.2, 0.25) is 0 Å². The first kappa shape index (κ1) is 16.7. The molecule has 0 unspecified atom stereocenters. The Balaban J connectivity index is 1.53. The number of amides is 1. The summed E-state index contributed by atoms with van der Waals surface area (Å²) in [7, 11) is 1.72. The molecule has 0 atom stereocenters. The Morgan fingerprint density at radius 1 is 1.26 bits per heavy atom. The largest absolute Gasteiger partial charge is 0.354 e. The number of nitrogens with zero attached hydrogens (tertiary/aromatic N) is 3. The summed E-state index contributed by atoms with van der Waals surface area (Å²) in [5.41, 5.74) is 3.09. The molecule has 3 heterocycles. The Labute approximate surface area is 154 Å². The van der Waals surface area contributed by atoms with E-state index in [1.54, 1.807) is 37.7 Å². The van der Waals surface area contributed by atoms with Gasteiger partial charge in [-0.05, 0) is 29.8 Å². The molecule has 0 bridgehead atoms. The number of fused-ring (bicyclic) bond motifs is 2. The molecule has 0 aliphatic carbocycles. The highest BCUT2D eigenvalue weighted by molar-refractivity contribution is 5.93. The molecule has 2 N–H and O–H groups in total. The number of carbonyl (C=O) groups excluding carboxylic acids is 1. The van der Waals surface area contributed by atoms with Crippen LogP contribution in [0.25, 0.3) is 16.6 Å². The normalized spacial score (nSPS) is 11.4. The van der Waals surface area contributed by atoms with E-state index in [0.29, 0.717) is 12.2 Å². The number of aliphatic imine (C=N–C) groups is 1. The first-order valence-electron chi connectivity index (χ1n) is 8.44. The van der Waals surface area contributed by atoms with Gasteiger partial charge in [-0.2, -0.15) is 0 Å². The van der Waals surface area contributed by atoms with Crippen LogP contribution in [0.4, 0.5) is 0 Å². The molecule has 0 saturated heterocycles. The molecule has 0 radical (unpaired) electrons. The lowest BCUT2D eigenvalue weighted by Crippen LogP contribution is -2.26. The molecule has 27 heavy (non-hydrogen) atoms. The number of nitrogens with one attached hydrogen (secondary N) is 2. The van der Waals surface area contributed by atoms with Crippen LogP contribution in [0.5, 0.6) is 0 Å². The molecule has 7 nitrogen and oxygen atoms in total. The highest BCUT2D eigenvalue weighted by Gasteiger charge is 2.10. The summed E-state index contributed by atoms with van der Waals surface area (Å²) in [5.74, 6) is -0.385. The van der Waals surface area contributed by atoms with Gasteiger partial charge in [0.25, 0.3) is 11.5 Å². The number of hydrogen-bond acceptors (Lipinski definition) is 4. The average Bonchev–Trinajstić information content (AvgIpc) is 3.08. The zero-order valence-electron chi connectivity index (χ0n) is 14.6. The number of rotatable bonds is 4. The van der Waals surface area contributed by atoms with Gasteiger partial charge in [-0.3, -0.25) is 19.0 Å². The first-order valence-corrected chi connectivity index (χ1v) is 8.44. The van der Waals surface area contributed by atoms with Crippen molar-refractivity contribution in [3.8, 4) is 0 Å². The van der Waals surface area contributed by atoms with E-state index in [2.05, 4.69) is 20.3 Å². The van der Waals surface area contributed by atoms with E-state index in [1.165, 1.54) is 10.5 Å². The van der Waals surface area contributed by atoms with Gasteiger partial charge in [0, 0.05) is 43.0 Å². The lowest BCUT2D eigenvalue weighted by Gasteiger charge is -2.06. The fourth-order valence-electron chi connectivity index (χ4n) is 2.96.